The molecule has 0 heterocycles. The van der Waals surface area contributed by atoms with Crippen molar-refractivity contribution in [3.63, 3.8) is 0 Å². The molecule has 0 fully saturated rings. The molecule has 1 rings (SSSR count). The molecular formula is C10H6Cl2F3NO3. The number of amides is 1. The highest BCUT2D eigenvalue weighted by Crippen LogP contribution is 2.27. The van der Waals surface area contributed by atoms with Crippen molar-refractivity contribution in [1.29, 1.82) is 0 Å². The van der Waals surface area contributed by atoms with Gasteiger partial charge in [-0.05, 0) is 12.1 Å². The van der Waals surface area contributed by atoms with Crippen molar-refractivity contribution < 1.29 is 27.9 Å². The maximum Gasteiger partial charge on any atom is 0.471 e. The molecule has 0 spiro atoms. The van der Waals surface area contributed by atoms with Crippen molar-refractivity contribution in [2.24, 2.45) is 0 Å². The van der Waals surface area contributed by atoms with Crippen LogP contribution in [0.4, 0.5) is 13.2 Å². The highest BCUT2D eigenvalue weighted by atomic mass is 35.5. The van der Waals surface area contributed by atoms with E-state index in [2.05, 4.69) is 0 Å². The minimum absolute atomic E-state index is 0.164. The van der Waals surface area contributed by atoms with Crippen LogP contribution in [-0.4, -0.2) is 23.2 Å². The van der Waals surface area contributed by atoms with Crippen LogP contribution in [-0.2, 0) is 9.59 Å². The van der Waals surface area contributed by atoms with Crippen LogP contribution in [0.1, 0.15) is 11.6 Å². The number of carbonyl (C=O) groups is 2. The first-order valence-corrected chi connectivity index (χ1v) is 5.44. The third-order valence-corrected chi connectivity index (χ3v) is 2.62. The second kappa shape index (κ2) is 5.66. The van der Waals surface area contributed by atoms with Gasteiger partial charge in [0.15, 0.2) is 6.04 Å². The maximum absolute atomic E-state index is 12.1. The molecule has 9 heteroatoms. The number of carbonyl (C=O) groups excluding carboxylic acids is 1. The van der Waals surface area contributed by atoms with Gasteiger partial charge in [0.1, 0.15) is 0 Å². The molecule has 0 aromatic heterocycles. The molecule has 0 aliphatic rings. The van der Waals surface area contributed by atoms with E-state index in [9.17, 15) is 22.8 Å². The molecule has 19 heavy (non-hydrogen) atoms. The second-order valence-corrected chi connectivity index (χ2v) is 4.25. The van der Waals surface area contributed by atoms with Gasteiger partial charge in [-0.2, -0.15) is 13.2 Å². The van der Waals surface area contributed by atoms with Gasteiger partial charge in [-0.3, -0.25) is 4.79 Å². The van der Waals surface area contributed by atoms with Crippen LogP contribution in [0.3, 0.4) is 0 Å². The standard InChI is InChI=1S/C10H6Cl2F3NO3/c11-4-1-2-5(6(12)3-4)7(8(17)18)16-9(19)10(13,14)15/h1-3,7H,(H,16,19)(H,17,18). The van der Waals surface area contributed by atoms with E-state index in [1.165, 1.54) is 11.4 Å². The fourth-order valence-corrected chi connectivity index (χ4v) is 1.74. The van der Waals surface area contributed by atoms with E-state index in [1.807, 2.05) is 0 Å². The third-order valence-electron chi connectivity index (χ3n) is 2.05. The van der Waals surface area contributed by atoms with Gasteiger partial charge in [0.05, 0.1) is 0 Å². The fraction of sp³-hybridized carbons (Fsp3) is 0.200. The molecule has 0 radical (unpaired) electrons. The number of aliphatic carboxylic acids is 1. The number of hydrogen-bond donors (Lipinski definition) is 2. The predicted molar refractivity (Wildman–Crippen MR) is 61.0 cm³/mol. The van der Waals surface area contributed by atoms with Crippen LogP contribution in [0.25, 0.3) is 0 Å². The zero-order chi connectivity index (χ0) is 14.8. The van der Waals surface area contributed by atoms with Crippen LogP contribution in [0.15, 0.2) is 18.2 Å². The molecule has 0 aliphatic carbocycles. The Bertz CT molecular complexity index is 519. The summed E-state index contributed by atoms with van der Waals surface area (Å²) in [6, 6.07) is 1.62. The van der Waals surface area contributed by atoms with Crippen LogP contribution in [0.5, 0.6) is 0 Å². The third kappa shape index (κ3) is 4.00. The molecule has 1 aromatic rings. The smallest absolute Gasteiger partial charge is 0.471 e. The van der Waals surface area contributed by atoms with Crippen LogP contribution in [0.2, 0.25) is 10.0 Å². The average Bonchev–Trinajstić information content (AvgIpc) is 2.24. The summed E-state index contributed by atoms with van der Waals surface area (Å²) in [5.74, 6) is -4.05. The SMILES string of the molecule is O=C(O)C(NC(=O)C(F)(F)F)c1ccc(Cl)cc1Cl. The Kier molecular flexibility index (Phi) is 4.65. The normalized spacial score (nSPS) is 12.9. The zero-order valence-corrected chi connectivity index (χ0v) is 10.5. The van der Waals surface area contributed by atoms with E-state index in [0.717, 1.165) is 12.1 Å². The maximum atomic E-state index is 12.1. The summed E-state index contributed by atoms with van der Waals surface area (Å²) in [5.41, 5.74) is -0.198. The number of nitrogens with one attached hydrogen (secondary N) is 1. The molecule has 104 valence electrons. The number of carboxylic acid groups (broad SMARTS) is 1. The van der Waals surface area contributed by atoms with E-state index in [-0.39, 0.29) is 15.6 Å². The van der Waals surface area contributed by atoms with Crippen molar-refractivity contribution in [2.75, 3.05) is 0 Å². The topological polar surface area (TPSA) is 66.4 Å². The van der Waals surface area contributed by atoms with Gasteiger partial charge in [-0.1, -0.05) is 29.3 Å². The van der Waals surface area contributed by atoms with E-state index < -0.39 is 24.1 Å². The Morgan fingerprint density at radius 1 is 1.26 bits per heavy atom. The Labute approximate surface area is 115 Å². The van der Waals surface area contributed by atoms with Crippen molar-refractivity contribution in [1.82, 2.24) is 5.32 Å². The summed E-state index contributed by atoms with van der Waals surface area (Å²) in [6.45, 7) is 0. The Morgan fingerprint density at radius 2 is 1.84 bits per heavy atom. The van der Waals surface area contributed by atoms with E-state index in [4.69, 9.17) is 28.3 Å². The molecular weight excluding hydrogens is 310 g/mol. The molecule has 1 aromatic carbocycles. The van der Waals surface area contributed by atoms with Gasteiger partial charge in [-0.15, -0.1) is 0 Å². The van der Waals surface area contributed by atoms with Crippen LogP contribution < -0.4 is 5.32 Å². The fourth-order valence-electron chi connectivity index (χ4n) is 1.22. The Morgan fingerprint density at radius 3 is 2.26 bits per heavy atom. The van der Waals surface area contributed by atoms with Gasteiger partial charge in [0, 0.05) is 15.6 Å². The molecule has 2 N–H and O–H groups in total. The van der Waals surface area contributed by atoms with Gasteiger partial charge >= 0.3 is 18.1 Å². The Balaban J connectivity index is 3.09. The first-order chi connectivity index (χ1) is 8.62. The molecule has 4 nitrogen and oxygen atoms in total. The molecule has 0 aliphatic heterocycles. The van der Waals surface area contributed by atoms with Crippen LogP contribution >= 0.6 is 23.2 Å². The van der Waals surface area contributed by atoms with E-state index in [1.54, 1.807) is 0 Å². The molecule has 0 bridgehead atoms. The first kappa shape index (κ1) is 15.6. The molecule has 1 unspecified atom stereocenters. The summed E-state index contributed by atoms with van der Waals surface area (Å²) in [6.07, 6.45) is -5.19. The summed E-state index contributed by atoms with van der Waals surface area (Å²) in [7, 11) is 0. The first-order valence-electron chi connectivity index (χ1n) is 4.68. The Hall–Kier alpha value is -1.47. The second-order valence-electron chi connectivity index (χ2n) is 3.41. The zero-order valence-electron chi connectivity index (χ0n) is 8.96. The lowest BCUT2D eigenvalue weighted by molar-refractivity contribution is -0.175. The number of carboxylic acids is 1. The largest absolute Gasteiger partial charge is 0.479 e. The monoisotopic (exact) mass is 315 g/mol. The number of halogens is 5. The molecule has 1 atom stereocenters. The number of benzene rings is 1. The lowest BCUT2D eigenvalue weighted by Crippen LogP contribution is -2.42. The summed E-state index contributed by atoms with van der Waals surface area (Å²) >= 11 is 11.3. The average molecular weight is 316 g/mol. The molecule has 0 saturated carbocycles. The number of rotatable bonds is 3. The summed E-state index contributed by atoms with van der Waals surface area (Å²) in [4.78, 5) is 21.7. The highest BCUT2D eigenvalue weighted by molar-refractivity contribution is 6.35. The van der Waals surface area contributed by atoms with Gasteiger partial charge < -0.3 is 10.4 Å². The predicted octanol–water partition coefficient (Wildman–Crippen LogP) is 2.80. The quantitative estimate of drug-likeness (QED) is 0.901. The van der Waals surface area contributed by atoms with Crippen molar-refractivity contribution >= 4 is 35.1 Å². The van der Waals surface area contributed by atoms with E-state index >= 15 is 0 Å². The van der Waals surface area contributed by atoms with Crippen molar-refractivity contribution in [3.8, 4) is 0 Å². The lowest BCUT2D eigenvalue weighted by atomic mass is 10.1. The van der Waals surface area contributed by atoms with E-state index in [0.29, 0.717) is 0 Å². The summed E-state index contributed by atoms with van der Waals surface area (Å²) in [5, 5.41) is 10.2. The van der Waals surface area contributed by atoms with Gasteiger partial charge in [0.25, 0.3) is 0 Å². The van der Waals surface area contributed by atoms with Crippen LogP contribution in [0, 0.1) is 0 Å². The van der Waals surface area contributed by atoms with Crippen molar-refractivity contribution in [3.05, 3.63) is 33.8 Å². The van der Waals surface area contributed by atoms with Crippen molar-refractivity contribution in [2.45, 2.75) is 12.2 Å². The summed E-state index contributed by atoms with van der Waals surface area (Å²) < 4.78 is 36.3. The molecule has 0 saturated heterocycles. The lowest BCUT2D eigenvalue weighted by Gasteiger charge is -2.17. The van der Waals surface area contributed by atoms with Gasteiger partial charge in [-0.25, -0.2) is 4.79 Å². The number of alkyl halides is 3. The van der Waals surface area contributed by atoms with Gasteiger partial charge in [0.2, 0.25) is 0 Å². The highest BCUT2D eigenvalue weighted by Gasteiger charge is 2.41. The minimum Gasteiger partial charge on any atom is -0.479 e. The molecule has 1 amide bonds. The number of hydrogen-bond acceptors (Lipinski definition) is 2. The minimum atomic E-state index is -5.19.